The van der Waals surface area contributed by atoms with Crippen molar-refractivity contribution in [3.63, 3.8) is 0 Å². The molecule has 0 aliphatic carbocycles. The van der Waals surface area contributed by atoms with Gasteiger partial charge in [0, 0.05) is 5.56 Å². The molecule has 0 aliphatic rings. The molecule has 0 spiro atoms. The van der Waals surface area contributed by atoms with Crippen LogP contribution in [0.15, 0.2) is 91.0 Å². The first-order valence-electron chi connectivity index (χ1n) is 9.82. The molecular formula is C27H21NS. The first-order valence-corrected chi connectivity index (χ1v) is 10.6. The molecule has 0 N–H and O–H groups in total. The quantitative estimate of drug-likeness (QED) is 0.304. The molecule has 0 bridgehead atoms. The molecule has 0 saturated carbocycles. The molecule has 5 rings (SSSR count). The highest BCUT2D eigenvalue weighted by Crippen LogP contribution is 2.42. The third-order valence-corrected chi connectivity index (χ3v) is 6.35. The highest BCUT2D eigenvalue weighted by Gasteiger charge is 2.17. The molecule has 1 aromatic heterocycles. The van der Waals surface area contributed by atoms with Gasteiger partial charge in [-0.05, 0) is 48.2 Å². The summed E-state index contributed by atoms with van der Waals surface area (Å²) in [4.78, 5) is 5.01. The number of nitrogens with zero attached hydrogens (tertiary/aromatic N) is 1. The molecule has 140 valence electrons. The number of hydrogen-bond acceptors (Lipinski definition) is 2. The van der Waals surface area contributed by atoms with E-state index < -0.39 is 0 Å². The lowest BCUT2D eigenvalue weighted by molar-refractivity contribution is 1.44. The maximum absolute atomic E-state index is 5.01. The van der Waals surface area contributed by atoms with Gasteiger partial charge < -0.3 is 0 Å². The molecule has 29 heavy (non-hydrogen) atoms. The predicted molar refractivity (Wildman–Crippen MR) is 125 cm³/mol. The molecule has 0 unspecified atom stereocenters. The second kappa shape index (κ2) is 7.31. The Labute approximate surface area is 175 Å². The Morgan fingerprint density at radius 2 is 1.14 bits per heavy atom. The molecule has 2 heteroatoms. The van der Waals surface area contributed by atoms with Gasteiger partial charge in [-0.3, -0.25) is 0 Å². The van der Waals surface area contributed by atoms with Crippen LogP contribution in [0.1, 0.15) is 11.1 Å². The van der Waals surface area contributed by atoms with Gasteiger partial charge in [-0.2, -0.15) is 0 Å². The van der Waals surface area contributed by atoms with E-state index in [1.807, 2.05) is 0 Å². The van der Waals surface area contributed by atoms with Crippen LogP contribution < -0.4 is 0 Å². The van der Waals surface area contributed by atoms with Crippen LogP contribution in [0.3, 0.4) is 0 Å². The summed E-state index contributed by atoms with van der Waals surface area (Å²) >= 11 is 1.76. The van der Waals surface area contributed by atoms with E-state index >= 15 is 0 Å². The summed E-state index contributed by atoms with van der Waals surface area (Å²) in [6, 6.07) is 32.5. The van der Waals surface area contributed by atoms with E-state index in [2.05, 4.69) is 105 Å². The van der Waals surface area contributed by atoms with E-state index in [9.17, 15) is 0 Å². The predicted octanol–water partition coefficient (Wildman–Crippen LogP) is 7.91. The first-order chi connectivity index (χ1) is 14.2. The fourth-order valence-corrected chi connectivity index (χ4v) is 4.75. The summed E-state index contributed by atoms with van der Waals surface area (Å²) in [5, 5.41) is 1.07. The van der Waals surface area contributed by atoms with Gasteiger partial charge >= 0.3 is 0 Å². The number of para-hydroxylation sites is 1. The van der Waals surface area contributed by atoms with E-state index in [1.54, 1.807) is 11.3 Å². The van der Waals surface area contributed by atoms with Gasteiger partial charge in [-0.1, -0.05) is 90.0 Å². The molecule has 0 aliphatic heterocycles. The number of benzene rings is 4. The zero-order valence-corrected chi connectivity index (χ0v) is 17.3. The van der Waals surface area contributed by atoms with Gasteiger partial charge in [0.2, 0.25) is 0 Å². The van der Waals surface area contributed by atoms with Crippen LogP contribution in [-0.2, 0) is 0 Å². The normalized spacial score (nSPS) is 11.1. The Morgan fingerprint density at radius 3 is 1.69 bits per heavy atom. The van der Waals surface area contributed by atoms with Gasteiger partial charge in [0.25, 0.3) is 0 Å². The molecule has 5 aromatic rings. The van der Waals surface area contributed by atoms with E-state index in [-0.39, 0.29) is 0 Å². The molecule has 0 fully saturated rings. The smallest absolute Gasteiger partial charge is 0.125 e. The molecule has 0 amide bonds. The molecular weight excluding hydrogens is 370 g/mol. The van der Waals surface area contributed by atoms with Crippen molar-refractivity contribution in [1.29, 1.82) is 0 Å². The summed E-state index contributed by atoms with van der Waals surface area (Å²) < 4.78 is 1.22. The number of fused-ring (bicyclic) bond motifs is 1. The lowest BCUT2D eigenvalue weighted by Crippen LogP contribution is -1.90. The number of aromatic nitrogens is 1. The molecule has 0 radical (unpaired) electrons. The van der Waals surface area contributed by atoms with Crippen LogP contribution in [-0.4, -0.2) is 4.98 Å². The van der Waals surface area contributed by atoms with Crippen LogP contribution in [0.2, 0.25) is 0 Å². The Hall–Kier alpha value is -3.23. The van der Waals surface area contributed by atoms with Crippen LogP contribution >= 0.6 is 11.3 Å². The van der Waals surface area contributed by atoms with Crippen molar-refractivity contribution in [2.24, 2.45) is 0 Å². The third kappa shape index (κ3) is 3.37. The second-order valence-electron chi connectivity index (χ2n) is 7.45. The molecule has 1 nitrogen and oxygen atoms in total. The minimum absolute atomic E-state index is 1.06. The average molecular weight is 392 g/mol. The standard InChI is InChI=1S/C27H21NS/c1-18-10-14-20(15-11-18)22-6-5-7-23(21-16-12-19(2)13-17-21)26(22)27-28-24-8-3-4-9-25(24)29-27/h3-17H,1-2H3. The largest absolute Gasteiger partial charge is 0.236 e. The Morgan fingerprint density at radius 1 is 0.586 bits per heavy atom. The van der Waals surface area contributed by atoms with Crippen molar-refractivity contribution in [3.05, 3.63) is 102 Å². The topological polar surface area (TPSA) is 12.9 Å². The Kier molecular flexibility index (Phi) is 4.49. The lowest BCUT2D eigenvalue weighted by atomic mass is 9.91. The minimum Gasteiger partial charge on any atom is -0.236 e. The van der Waals surface area contributed by atoms with E-state index in [0.717, 1.165) is 10.5 Å². The van der Waals surface area contributed by atoms with Gasteiger partial charge in [0.15, 0.2) is 0 Å². The fourth-order valence-electron chi connectivity index (χ4n) is 3.71. The summed E-state index contributed by atoms with van der Waals surface area (Å²) in [5.41, 5.74) is 9.69. The number of aryl methyl sites for hydroxylation is 2. The van der Waals surface area contributed by atoms with Gasteiger partial charge in [0.1, 0.15) is 5.01 Å². The highest BCUT2D eigenvalue weighted by atomic mass is 32.1. The van der Waals surface area contributed by atoms with Crippen molar-refractivity contribution < 1.29 is 0 Å². The van der Waals surface area contributed by atoms with Gasteiger partial charge in [0.05, 0.1) is 10.2 Å². The molecule has 4 aromatic carbocycles. The number of hydrogen-bond donors (Lipinski definition) is 0. The van der Waals surface area contributed by atoms with Gasteiger partial charge in [-0.25, -0.2) is 4.98 Å². The van der Waals surface area contributed by atoms with E-state index in [0.29, 0.717) is 0 Å². The molecule has 0 saturated heterocycles. The van der Waals surface area contributed by atoms with Crippen LogP contribution in [0.25, 0.3) is 43.0 Å². The van der Waals surface area contributed by atoms with Gasteiger partial charge in [-0.15, -0.1) is 11.3 Å². The first kappa shape index (κ1) is 17.8. The second-order valence-corrected chi connectivity index (χ2v) is 8.48. The Bertz CT molecular complexity index is 1200. The monoisotopic (exact) mass is 391 g/mol. The summed E-state index contributed by atoms with van der Waals surface area (Å²) in [6.45, 7) is 4.25. The summed E-state index contributed by atoms with van der Waals surface area (Å²) in [5.74, 6) is 0. The zero-order valence-electron chi connectivity index (χ0n) is 16.5. The third-order valence-electron chi connectivity index (χ3n) is 5.30. The highest BCUT2D eigenvalue weighted by molar-refractivity contribution is 7.21. The lowest BCUT2D eigenvalue weighted by Gasteiger charge is -2.14. The summed E-state index contributed by atoms with van der Waals surface area (Å²) in [6.07, 6.45) is 0. The van der Waals surface area contributed by atoms with E-state index in [4.69, 9.17) is 4.98 Å². The SMILES string of the molecule is Cc1ccc(-c2cccc(-c3ccc(C)cc3)c2-c2nc3ccccc3s2)cc1. The Balaban J connectivity index is 1.80. The van der Waals surface area contributed by atoms with Crippen molar-refractivity contribution >= 4 is 21.6 Å². The van der Waals surface area contributed by atoms with Crippen molar-refractivity contribution in [1.82, 2.24) is 4.98 Å². The summed E-state index contributed by atoms with van der Waals surface area (Å²) in [7, 11) is 0. The van der Waals surface area contributed by atoms with Crippen LogP contribution in [0.4, 0.5) is 0 Å². The van der Waals surface area contributed by atoms with Crippen molar-refractivity contribution in [2.75, 3.05) is 0 Å². The van der Waals surface area contributed by atoms with Crippen LogP contribution in [0.5, 0.6) is 0 Å². The fraction of sp³-hybridized carbons (Fsp3) is 0.0741. The van der Waals surface area contributed by atoms with Crippen molar-refractivity contribution in [3.8, 4) is 32.8 Å². The zero-order chi connectivity index (χ0) is 19.8. The molecule has 0 atom stereocenters. The number of rotatable bonds is 3. The van der Waals surface area contributed by atoms with Crippen LogP contribution in [0, 0.1) is 13.8 Å². The number of thiazole rings is 1. The maximum atomic E-state index is 5.01. The molecule has 1 heterocycles. The average Bonchev–Trinajstić information content (AvgIpc) is 3.18. The van der Waals surface area contributed by atoms with E-state index in [1.165, 1.54) is 43.6 Å². The maximum Gasteiger partial charge on any atom is 0.125 e. The van der Waals surface area contributed by atoms with Crippen molar-refractivity contribution in [2.45, 2.75) is 13.8 Å². The minimum atomic E-state index is 1.06.